The van der Waals surface area contributed by atoms with E-state index in [-0.39, 0.29) is 5.78 Å². The van der Waals surface area contributed by atoms with Crippen LogP contribution in [-0.4, -0.2) is 5.78 Å². The van der Waals surface area contributed by atoms with Gasteiger partial charge < -0.3 is 0 Å². The number of halogens is 1. The Morgan fingerprint density at radius 3 is 2.47 bits per heavy atom. The van der Waals surface area contributed by atoms with Gasteiger partial charge in [0.15, 0.2) is 5.78 Å². The second-order valence-electron chi connectivity index (χ2n) is 4.25. The van der Waals surface area contributed by atoms with E-state index in [1.165, 1.54) is 0 Å². The maximum atomic E-state index is 12.5. The number of carbonyl (C=O) groups is 1. The highest BCUT2D eigenvalue weighted by atomic mass is 79.9. The van der Waals surface area contributed by atoms with Crippen molar-refractivity contribution in [2.24, 2.45) is 0 Å². The molecule has 2 aromatic rings. The van der Waals surface area contributed by atoms with Crippen LogP contribution >= 0.6 is 15.9 Å². The molecule has 1 unspecified atom stereocenters. The van der Waals surface area contributed by atoms with Gasteiger partial charge in [0, 0.05) is 10.0 Å². The van der Waals surface area contributed by atoms with Crippen LogP contribution in [0, 0.1) is 18.3 Å². The third kappa shape index (κ3) is 2.74. The maximum Gasteiger partial charge on any atom is 0.184 e. The van der Waals surface area contributed by atoms with Gasteiger partial charge in [0.2, 0.25) is 0 Å². The summed E-state index contributed by atoms with van der Waals surface area (Å²) in [4.78, 5) is 12.5. The molecule has 1 atom stereocenters. The lowest BCUT2D eigenvalue weighted by atomic mass is 9.90. The topological polar surface area (TPSA) is 40.9 Å². The van der Waals surface area contributed by atoms with Crippen molar-refractivity contribution < 1.29 is 4.79 Å². The monoisotopic (exact) mass is 313 g/mol. The zero-order chi connectivity index (χ0) is 13.8. The van der Waals surface area contributed by atoms with E-state index in [2.05, 4.69) is 22.0 Å². The van der Waals surface area contributed by atoms with E-state index < -0.39 is 5.92 Å². The van der Waals surface area contributed by atoms with Crippen molar-refractivity contribution in [1.29, 1.82) is 5.26 Å². The number of nitriles is 1. The van der Waals surface area contributed by atoms with Crippen LogP contribution in [0.4, 0.5) is 0 Å². The SMILES string of the molecule is Cc1c(Br)cccc1C(=O)C(C#N)c1ccccc1. The van der Waals surface area contributed by atoms with Gasteiger partial charge in [-0.25, -0.2) is 0 Å². The number of hydrogen-bond donors (Lipinski definition) is 0. The van der Waals surface area contributed by atoms with Crippen molar-refractivity contribution in [1.82, 2.24) is 0 Å². The predicted molar refractivity (Wildman–Crippen MR) is 78.0 cm³/mol. The zero-order valence-corrected chi connectivity index (χ0v) is 12.0. The lowest BCUT2D eigenvalue weighted by molar-refractivity contribution is 0.0978. The highest BCUT2D eigenvalue weighted by molar-refractivity contribution is 9.10. The lowest BCUT2D eigenvalue weighted by Crippen LogP contribution is -2.12. The summed E-state index contributed by atoms with van der Waals surface area (Å²) in [6.07, 6.45) is 0. The van der Waals surface area contributed by atoms with Crippen molar-refractivity contribution in [3.8, 4) is 6.07 Å². The number of rotatable bonds is 3. The smallest absolute Gasteiger partial charge is 0.184 e. The minimum Gasteiger partial charge on any atom is -0.292 e. The lowest BCUT2D eigenvalue weighted by Gasteiger charge is -2.11. The first-order chi connectivity index (χ1) is 9.15. The molecule has 0 aromatic heterocycles. The minimum absolute atomic E-state index is 0.160. The summed E-state index contributed by atoms with van der Waals surface area (Å²) in [5, 5.41) is 9.29. The van der Waals surface area contributed by atoms with Crippen molar-refractivity contribution in [2.75, 3.05) is 0 Å². The Morgan fingerprint density at radius 1 is 1.16 bits per heavy atom. The summed E-state index contributed by atoms with van der Waals surface area (Å²) >= 11 is 3.41. The Morgan fingerprint density at radius 2 is 1.84 bits per heavy atom. The van der Waals surface area contributed by atoms with Gasteiger partial charge in [-0.1, -0.05) is 58.4 Å². The van der Waals surface area contributed by atoms with Crippen LogP contribution in [0.3, 0.4) is 0 Å². The third-order valence-electron chi connectivity index (χ3n) is 3.06. The first kappa shape index (κ1) is 13.5. The Balaban J connectivity index is 2.43. The molecule has 3 heteroatoms. The summed E-state index contributed by atoms with van der Waals surface area (Å²) in [6.45, 7) is 1.87. The number of carbonyl (C=O) groups excluding carboxylic acids is 1. The van der Waals surface area contributed by atoms with Crippen LogP contribution in [0.25, 0.3) is 0 Å². The molecule has 2 aromatic carbocycles. The molecule has 0 aliphatic rings. The molecule has 94 valence electrons. The molecule has 19 heavy (non-hydrogen) atoms. The van der Waals surface area contributed by atoms with Crippen LogP contribution in [-0.2, 0) is 0 Å². The number of ketones is 1. The predicted octanol–water partition coefficient (Wildman–Crippen LogP) is 4.25. The van der Waals surface area contributed by atoms with Crippen molar-refractivity contribution >= 4 is 21.7 Å². The number of nitrogens with zero attached hydrogens (tertiary/aromatic N) is 1. The fraction of sp³-hybridized carbons (Fsp3) is 0.125. The molecule has 0 bridgehead atoms. The third-order valence-corrected chi connectivity index (χ3v) is 3.92. The van der Waals surface area contributed by atoms with Gasteiger partial charge in [-0.05, 0) is 24.1 Å². The maximum absolute atomic E-state index is 12.5. The summed E-state index contributed by atoms with van der Waals surface area (Å²) in [5.74, 6) is -0.915. The second kappa shape index (κ2) is 5.81. The Labute approximate surface area is 120 Å². The highest BCUT2D eigenvalue weighted by Gasteiger charge is 2.23. The molecule has 0 amide bonds. The van der Waals surface area contributed by atoms with E-state index in [0.717, 1.165) is 15.6 Å². The molecule has 0 saturated heterocycles. The largest absolute Gasteiger partial charge is 0.292 e. The van der Waals surface area contributed by atoms with Gasteiger partial charge in [-0.15, -0.1) is 0 Å². The fourth-order valence-electron chi connectivity index (χ4n) is 1.96. The second-order valence-corrected chi connectivity index (χ2v) is 5.10. The fourth-order valence-corrected chi connectivity index (χ4v) is 2.33. The summed E-state index contributed by atoms with van der Waals surface area (Å²) in [5.41, 5.74) is 2.18. The molecule has 0 aliphatic carbocycles. The molecule has 0 heterocycles. The summed E-state index contributed by atoms with van der Waals surface area (Å²) in [6, 6.07) is 16.7. The van der Waals surface area contributed by atoms with Gasteiger partial charge >= 0.3 is 0 Å². The Hall–Kier alpha value is -1.92. The van der Waals surface area contributed by atoms with E-state index >= 15 is 0 Å². The molecule has 0 aliphatic heterocycles. The minimum atomic E-state index is -0.755. The van der Waals surface area contributed by atoms with E-state index in [9.17, 15) is 10.1 Å². The van der Waals surface area contributed by atoms with Gasteiger partial charge in [-0.3, -0.25) is 4.79 Å². The number of hydrogen-bond acceptors (Lipinski definition) is 2. The summed E-state index contributed by atoms with van der Waals surface area (Å²) in [7, 11) is 0. The van der Waals surface area contributed by atoms with Gasteiger partial charge in [0.1, 0.15) is 5.92 Å². The number of Topliss-reactive ketones (excluding diaryl/α,β-unsaturated/α-hetero) is 1. The van der Waals surface area contributed by atoms with E-state index in [4.69, 9.17) is 0 Å². The van der Waals surface area contributed by atoms with Crippen LogP contribution in [0.1, 0.15) is 27.4 Å². The normalized spacial score (nSPS) is 11.6. The first-order valence-electron chi connectivity index (χ1n) is 5.89. The first-order valence-corrected chi connectivity index (χ1v) is 6.68. The van der Waals surface area contributed by atoms with Crippen LogP contribution in [0.5, 0.6) is 0 Å². The quantitative estimate of drug-likeness (QED) is 0.795. The van der Waals surface area contributed by atoms with Crippen molar-refractivity contribution in [2.45, 2.75) is 12.8 Å². The van der Waals surface area contributed by atoms with E-state index in [0.29, 0.717) is 5.56 Å². The molecular formula is C16H12BrNO. The standard InChI is InChI=1S/C16H12BrNO/c1-11-13(8-5-9-15(11)17)16(19)14(10-18)12-6-3-2-4-7-12/h2-9,14H,1H3. The molecule has 2 nitrogen and oxygen atoms in total. The number of benzene rings is 2. The van der Waals surface area contributed by atoms with Gasteiger partial charge in [0.25, 0.3) is 0 Å². The van der Waals surface area contributed by atoms with Gasteiger partial charge in [-0.2, -0.15) is 5.26 Å². The van der Waals surface area contributed by atoms with E-state index in [1.807, 2.05) is 37.3 Å². The average Bonchev–Trinajstić information content (AvgIpc) is 2.44. The highest BCUT2D eigenvalue weighted by Crippen LogP contribution is 2.25. The van der Waals surface area contributed by atoms with Crippen molar-refractivity contribution in [3.05, 3.63) is 69.7 Å². The molecule has 0 N–H and O–H groups in total. The van der Waals surface area contributed by atoms with Crippen molar-refractivity contribution in [3.63, 3.8) is 0 Å². The van der Waals surface area contributed by atoms with Crippen LogP contribution in [0.2, 0.25) is 0 Å². The van der Waals surface area contributed by atoms with Gasteiger partial charge in [0.05, 0.1) is 6.07 Å². The molecule has 0 saturated carbocycles. The molecular weight excluding hydrogens is 302 g/mol. The zero-order valence-electron chi connectivity index (χ0n) is 10.4. The van der Waals surface area contributed by atoms with Crippen LogP contribution < -0.4 is 0 Å². The molecule has 0 spiro atoms. The van der Waals surface area contributed by atoms with E-state index in [1.54, 1.807) is 18.2 Å². The molecule has 2 rings (SSSR count). The molecule has 0 radical (unpaired) electrons. The Kier molecular flexibility index (Phi) is 4.13. The van der Waals surface area contributed by atoms with Crippen LogP contribution in [0.15, 0.2) is 53.0 Å². The Bertz CT molecular complexity index is 644. The average molecular weight is 314 g/mol. The summed E-state index contributed by atoms with van der Waals surface area (Å²) < 4.78 is 0.878. The molecule has 0 fully saturated rings.